The molecular weight excluding hydrogens is 320 g/mol. The fourth-order valence-corrected chi connectivity index (χ4v) is 6.10. The monoisotopic (exact) mass is 336 g/mol. The molecule has 0 saturated heterocycles. The van der Waals surface area contributed by atoms with E-state index in [1.807, 2.05) is 0 Å². The number of alkyl halides is 1. The average Bonchev–Trinajstić information content (AvgIpc) is 2.81. The van der Waals surface area contributed by atoms with Crippen LogP contribution in [0.25, 0.3) is 5.57 Å². The van der Waals surface area contributed by atoms with Gasteiger partial charge in [0.2, 0.25) is 0 Å². The lowest BCUT2D eigenvalue weighted by Crippen LogP contribution is -2.05. The van der Waals surface area contributed by atoms with Gasteiger partial charge < -0.3 is 0 Å². The summed E-state index contributed by atoms with van der Waals surface area (Å²) in [6, 6.07) is 21.9. The summed E-state index contributed by atoms with van der Waals surface area (Å²) < 4.78 is 0. The third-order valence-electron chi connectivity index (χ3n) is 5.68. The Morgan fingerprint density at radius 3 is 1.81 bits per heavy atom. The fourth-order valence-electron chi connectivity index (χ4n) is 4.88. The van der Waals surface area contributed by atoms with Crippen molar-refractivity contribution in [3.05, 3.63) is 77.4 Å². The summed E-state index contributed by atoms with van der Waals surface area (Å²) in [5, 5.41) is 0. The highest BCUT2D eigenvalue weighted by molar-refractivity contribution is 9.09. The van der Waals surface area contributed by atoms with E-state index in [2.05, 4.69) is 76.6 Å². The lowest BCUT2D eigenvalue weighted by atomic mass is 9.89. The highest BCUT2D eigenvalue weighted by atomic mass is 79.9. The molecule has 4 fully saturated rings. The number of allylic oxidation sites excluding steroid dienone is 1. The van der Waals surface area contributed by atoms with E-state index in [-0.39, 0.29) is 0 Å². The van der Waals surface area contributed by atoms with E-state index < -0.39 is 0 Å². The molecule has 0 aromatic heterocycles. The second-order valence-electron chi connectivity index (χ2n) is 6.62. The van der Waals surface area contributed by atoms with Gasteiger partial charge in [-0.25, -0.2) is 0 Å². The summed E-state index contributed by atoms with van der Waals surface area (Å²) in [6.45, 7) is 0. The molecule has 104 valence electrons. The van der Waals surface area contributed by atoms with E-state index >= 15 is 0 Å². The van der Waals surface area contributed by atoms with E-state index in [9.17, 15) is 0 Å². The molecule has 0 radical (unpaired) electrons. The average molecular weight is 337 g/mol. The summed E-state index contributed by atoms with van der Waals surface area (Å²) in [5.74, 6) is 3.51. The Bertz CT molecular complexity index is 675. The van der Waals surface area contributed by atoms with Crippen molar-refractivity contribution >= 4 is 21.5 Å². The van der Waals surface area contributed by atoms with Gasteiger partial charge in [-0.1, -0.05) is 82.2 Å². The van der Waals surface area contributed by atoms with Crippen LogP contribution in [-0.2, 0) is 0 Å². The van der Waals surface area contributed by atoms with Gasteiger partial charge >= 0.3 is 0 Å². The maximum atomic E-state index is 3.97. The lowest BCUT2D eigenvalue weighted by Gasteiger charge is -2.17. The summed E-state index contributed by atoms with van der Waals surface area (Å²) >= 11 is 3.97. The number of hydrogen-bond donors (Lipinski definition) is 0. The zero-order valence-corrected chi connectivity index (χ0v) is 13.3. The first-order chi connectivity index (χ1) is 10.4. The van der Waals surface area contributed by atoms with Crippen LogP contribution in [0.5, 0.6) is 0 Å². The van der Waals surface area contributed by atoms with Gasteiger partial charge in [-0.2, -0.15) is 0 Å². The van der Waals surface area contributed by atoms with Gasteiger partial charge in [0.05, 0.1) is 0 Å². The highest BCUT2D eigenvalue weighted by Crippen LogP contribution is 2.76. The van der Waals surface area contributed by atoms with Gasteiger partial charge in [0.1, 0.15) is 0 Å². The van der Waals surface area contributed by atoms with E-state index in [0.717, 1.165) is 28.5 Å². The van der Waals surface area contributed by atoms with Crippen molar-refractivity contribution in [3.8, 4) is 0 Å². The van der Waals surface area contributed by atoms with Gasteiger partial charge in [-0.05, 0) is 46.8 Å². The fraction of sp³-hybridized carbons (Fsp3) is 0.300. The zero-order chi connectivity index (χ0) is 14.0. The lowest BCUT2D eigenvalue weighted by molar-refractivity contribution is 0.692. The number of hydrogen-bond acceptors (Lipinski definition) is 0. The Labute approximate surface area is 134 Å². The van der Waals surface area contributed by atoms with Crippen molar-refractivity contribution in [2.24, 2.45) is 23.7 Å². The predicted octanol–water partition coefficient (Wildman–Crippen LogP) is 5.15. The normalized spacial score (nSPS) is 35.1. The summed E-state index contributed by atoms with van der Waals surface area (Å²) in [7, 11) is 0. The molecule has 4 saturated carbocycles. The Morgan fingerprint density at radius 2 is 1.43 bits per heavy atom. The van der Waals surface area contributed by atoms with Crippen LogP contribution in [0.3, 0.4) is 0 Å². The molecule has 4 aliphatic carbocycles. The van der Waals surface area contributed by atoms with E-state index in [4.69, 9.17) is 0 Å². The molecule has 0 aliphatic heterocycles. The molecule has 21 heavy (non-hydrogen) atoms. The standard InChI is InChI=1S/C20H17Br/c21-20-15-11-14-17(19(14)20)18(15)16(12-7-3-1-4-8-12)13-9-5-2-6-10-13/h1-10,14-15,17,19-20H,11H2. The molecule has 2 aromatic rings. The quantitative estimate of drug-likeness (QED) is 0.665. The topological polar surface area (TPSA) is 0 Å². The first-order valence-electron chi connectivity index (χ1n) is 7.85. The van der Waals surface area contributed by atoms with Gasteiger partial charge in [0.25, 0.3) is 0 Å². The van der Waals surface area contributed by atoms with E-state index in [0.29, 0.717) is 0 Å². The second kappa shape index (κ2) is 4.33. The molecule has 5 atom stereocenters. The maximum Gasteiger partial charge on any atom is 0.0248 e. The molecule has 4 bridgehead atoms. The van der Waals surface area contributed by atoms with Gasteiger partial charge in [0, 0.05) is 4.83 Å². The predicted molar refractivity (Wildman–Crippen MR) is 90.2 cm³/mol. The van der Waals surface area contributed by atoms with Gasteiger partial charge in [-0.3, -0.25) is 0 Å². The second-order valence-corrected chi connectivity index (χ2v) is 7.67. The van der Waals surface area contributed by atoms with Crippen LogP contribution in [0, 0.1) is 23.7 Å². The summed E-state index contributed by atoms with van der Waals surface area (Å²) in [4.78, 5) is 0.727. The SMILES string of the molecule is BrC1C2CC3C(C2=C(c2ccccc2)c2ccccc2)C13. The van der Waals surface area contributed by atoms with E-state index in [1.54, 1.807) is 5.57 Å². The third kappa shape index (κ3) is 1.61. The smallest absolute Gasteiger partial charge is 0.0248 e. The third-order valence-corrected chi connectivity index (χ3v) is 6.93. The van der Waals surface area contributed by atoms with Crippen molar-refractivity contribution in [1.82, 2.24) is 0 Å². The van der Waals surface area contributed by atoms with Crippen LogP contribution >= 0.6 is 15.9 Å². The van der Waals surface area contributed by atoms with Crippen LogP contribution in [0.1, 0.15) is 17.5 Å². The molecule has 5 unspecified atom stereocenters. The number of halogens is 1. The van der Waals surface area contributed by atoms with Crippen molar-refractivity contribution in [2.75, 3.05) is 0 Å². The maximum absolute atomic E-state index is 3.97. The van der Waals surface area contributed by atoms with Crippen LogP contribution < -0.4 is 0 Å². The first-order valence-corrected chi connectivity index (χ1v) is 8.77. The zero-order valence-electron chi connectivity index (χ0n) is 11.7. The van der Waals surface area contributed by atoms with Crippen LogP contribution in [0.2, 0.25) is 0 Å². The summed E-state index contributed by atoms with van der Waals surface area (Å²) in [5.41, 5.74) is 6.02. The van der Waals surface area contributed by atoms with Crippen LogP contribution in [-0.4, -0.2) is 4.83 Å². The molecule has 6 rings (SSSR count). The molecule has 0 spiro atoms. The van der Waals surface area contributed by atoms with Gasteiger partial charge in [-0.15, -0.1) is 0 Å². The van der Waals surface area contributed by atoms with Crippen molar-refractivity contribution < 1.29 is 0 Å². The largest absolute Gasteiger partial charge is 0.0881 e. The molecule has 0 amide bonds. The Hall–Kier alpha value is -1.34. The van der Waals surface area contributed by atoms with Crippen molar-refractivity contribution in [1.29, 1.82) is 0 Å². The number of benzene rings is 2. The molecule has 0 nitrogen and oxygen atoms in total. The Kier molecular flexibility index (Phi) is 2.52. The molecule has 2 aromatic carbocycles. The Balaban J connectivity index is 1.75. The van der Waals surface area contributed by atoms with Gasteiger partial charge in [0.15, 0.2) is 0 Å². The van der Waals surface area contributed by atoms with Crippen molar-refractivity contribution in [3.63, 3.8) is 0 Å². The van der Waals surface area contributed by atoms with Crippen molar-refractivity contribution in [2.45, 2.75) is 11.2 Å². The first kappa shape index (κ1) is 12.2. The minimum Gasteiger partial charge on any atom is -0.0881 e. The number of rotatable bonds is 2. The van der Waals surface area contributed by atoms with E-state index in [1.165, 1.54) is 23.1 Å². The minimum absolute atomic E-state index is 0.727. The molecular formula is C20H17Br. The molecule has 0 heterocycles. The minimum atomic E-state index is 0.727. The van der Waals surface area contributed by atoms with Crippen LogP contribution in [0.4, 0.5) is 0 Å². The van der Waals surface area contributed by atoms with Crippen LogP contribution in [0.15, 0.2) is 66.2 Å². The molecule has 0 N–H and O–H groups in total. The summed E-state index contributed by atoms with van der Waals surface area (Å²) in [6.07, 6.45) is 1.41. The Morgan fingerprint density at radius 1 is 0.857 bits per heavy atom. The molecule has 1 heteroatoms. The molecule has 4 aliphatic rings. The highest BCUT2D eigenvalue weighted by Gasteiger charge is 2.71.